The van der Waals surface area contributed by atoms with E-state index < -0.39 is 0 Å². The number of aromatic amines is 1. The number of carbonyl (C=O) groups excluding carboxylic acids is 1. The molecule has 32 heavy (non-hydrogen) atoms. The van der Waals surface area contributed by atoms with Crippen LogP contribution in [0.3, 0.4) is 0 Å². The van der Waals surface area contributed by atoms with Gasteiger partial charge in [0.15, 0.2) is 0 Å². The molecule has 3 heterocycles. The fourth-order valence-electron chi connectivity index (χ4n) is 4.82. The number of fused-ring (bicyclic) bond motifs is 1. The Bertz CT molecular complexity index is 960. The number of rotatable bonds is 7. The van der Waals surface area contributed by atoms with E-state index in [2.05, 4.69) is 38.9 Å². The number of aromatic nitrogens is 2. The third kappa shape index (κ3) is 5.86. The number of hydrogen-bond acceptors (Lipinski definition) is 5. The molecule has 0 aliphatic carbocycles. The molecule has 2 aliphatic heterocycles. The van der Waals surface area contributed by atoms with Gasteiger partial charge in [0.05, 0.1) is 17.4 Å². The van der Waals surface area contributed by atoms with Gasteiger partial charge in [0.25, 0.3) is 5.56 Å². The molecule has 2 N–H and O–H groups in total. The summed E-state index contributed by atoms with van der Waals surface area (Å²) in [6, 6.07) is 7.65. The maximum atomic E-state index is 12.9. The van der Waals surface area contributed by atoms with Crippen molar-refractivity contribution in [3.8, 4) is 0 Å². The van der Waals surface area contributed by atoms with Crippen LogP contribution in [-0.2, 0) is 6.54 Å². The van der Waals surface area contributed by atoms with E-state index in [-0.39, 0.29) is 17.6 Å². The quantitative estimate of drug-likeness (QED) is 0.690. The Kier molecular flexibility index (Phi) is 7.42. The number of carbonyl (C=O) groups is 1. The van der Waals surface area contributed by atoms with Crippen molar-refractivity contribution in [1.82, 2.24) is 30.0 Å². The average molecular weight is 441 g/mol. The highest BCUT2D eigenvalue weighted by Gasteiger charge is 2.25. The molecule has 174 valence electrons. The molecule has 2 saturated heterocycles. The monoisotopic (exact) mass is 440 g/mol. The van der Waals surface area contributed by atoms with E-state index in [1.165, 1.54) is 12.8 Å². The number of hydrogen-bond donors (Lipinski definition) is 2. The molecule has 2 amide bonds. The molecule has 0 unspecified atom stereocenters. The number of para-hydroxylation sites is 1. The lowest BCUT2D eigenvalue weighted by molar-refractivity contribution is 0.129. The van der Waals surface area contributed by atoms with Crippen LogP contribution in [-0.4, -0.2) is 82.6 Å². The summed E-state index contributed by atoms with van der Waals surface area (Å²) in [6.07, 6.45) is 3.53. The predicted octanol–water partition coefficient (Wildman–Crippen LogP) is 2.26. The smallest absolute Gasteiger partial charge is 0.317 e. The number of H-pyrrole nitrogens is 1. The van der Waals surface area contributed by atoms with Crippen molar-refractivity contribution in [2.24, 2.45) is 5.92 Å². The highest BCUT2D eigenvalue weighted by atomic mass is 16.2. The first-order valence-electron chi connectivity index (χ1n) is 12.0. The summed E-state index contributed by atoms with van der Waals surface area (Å²) < 4.78 is 0. The summed E-state index contributed by atoms with van der Waals surface area (Å²) in [7, 11) is 0. The first-order valence-corrected chi connectivity index (χ1v) is 12.0. The van der Waals surface area contributed by atoms with Gasteiger partial charge in [0.2, 0.25) is 0 Å². The highest BCUT2D eigenvalue weighted by molar-refractivity contribution is 5.77. The molecule has 0 spiro atoms. The van der Waals surface area contributed by atoms with Crippen LogP contribution in [0.1, 0.15) is 38.9 Å². The van der Waals surface area contributed by atoms with Gasteiger partial charge in [-0.15, -0.1) is 0 Å². The molecular weight excluding hydrogens is 404 g/mol. The summed E-state index contributed by atoms with van der Waals surface area (Å²) in [5, 5.41) is 3.92. The maximum Gasteiger partial charge on any atom is 0.317 e. The molecule has 0 saturated carbocycles. The van der Waals surface area contributed by atoms with E-state index in [0.717, 1.165) is 44.7 Å². The van der Waals surface area contributed by atoms with E-state index in [9.17, 15) is 9.59 Å². The van der Waals surface area contributed by atoms with Crippen molar-refractivity contribution in [2.75, 3.05) is 45.8 Å². The average Bonchev–Trinajstić information content (AvgIpc) is 3.27. The Hall–Kier alpha value is -2.45. The minimum Gasteiger partial charge on any atom is -0.334 e. The van der Waals surface area contributed by atoms with E-state index in [4.69, 9.17) is 0 Å². The summed E-state index contributed by atoms with van der Waals surface area (Å²) >= 11 is 0. The minimum atomic E-state index is -0.0992. The first kappa shape index (κ1) is 22.7. The van der Waals surface area contributed by atoms with Gasteiger partial charge in [-0.25, -0.2) is 9.78 Å². The molecule has 0 radical (unpaired) electrons. The summed E-state index contributed by atoms with van der Waals surface area (Å²) in [4.78, 5) is 39.4. The molecule has 1 aromatic carbocycles. The standard InChI is InChI=1S/C24H36N6O2/c1-18(2)15-19(16-28-9-5-6-10-28)25-24(32)30-13-11-29(12-14-30)17-22-26-21-8-4-3-7-20(21)23(31)27-22/h3-4,7-8,18-19H,5-6,9-17H2,1-2H3,(H,25,32)(H,26,27,31)/t19-/m0/s1. The lowest BCUT2D eigenvalue weighted by Crippen LogP contribution is -2.54. The van der Waals surface area contributed by atoms with Crippen LogP contribution < -0.4 is 10.9 Å². The van der Waals surface area contributed by atoms with Gasteiger partial charge in [-0.1, -0.05) is 26.0 Å². The highest BCUT2D eigenvalue weighted by Crippen LogP contribution is 2.13. The van der Waals surface area contributed by atoms with Crippen LogP contribution in [0.2, 0.25) is 0 Å². The Morgan fingerprint density at radius 2 is 1.78 bits per heavy atom. The van der Waals surface area contributed by atoms with Crippen LogP contribution in [0.4, 0.5) is 4.79 Å². The zero-order valence-corrected chi connectivity index (χ0v) is 19.3. The Labute approximate surface area is 190 Å². The topological polar surface area (TPSA) is 84.6 Å². The number of amides is 2. The number of likely N-dealkylation sites (tertiary alicyclic amines) is 1. The summed E-state index contributed by atoms with van der Waals surface area (Å²) in [5.41, 5.74) is 0.622. The molecule has 2 aromatic rings. The van der Waals surface area contributed by atoms with Crippen molar-refractivity contribution >= 4 is 16.9 Å². The van der Waals surface area contributed by atoms with Gasteiger partial charge in [-0.2, -0.15) is 0 Å². The van der Waals surface area contributed by atoms with E-state index in [0.29, 0.717) is 36.8 Å². The van der Waals surface area contributed by atoms with Crippen LogP contribution in [0.5, 0.6) is 0 Å². The van der Waals surface area contributed by atoms with Crippen LogP contribution in [0.15, 0.2) is 29.1 Å². The van der Waals surface area contributed by atoms with Crippen molar-refractivity contribution in [3.63, 3.8) is 0 Å². The second-order valence-corrected chi connectivity index (χ2v) is 9.58. The van der Waals surface area contributed by atoms with Gasteiger partial charge in [-0.3, -0.25) is 9.69 Å². The second kappa shape index (κ2) is 10.4. The largest absolute Gasteiger partial charge is 0.334 e. The van der Waals surface area contributed by atoms with E-state index in [1.54, 1.807) is 6.07 Å². The zero-order valence-electron chi connectivity index (χ0n) is 19.3. The Morgan fingerprint density at radius 1 is 1.06 bits per heavy atom. The van der Waals surface area contributed by atoms with Crippen molar-refractivity contribution < 1.29 is 4.79 Å². The van der Waals surface area contributed by atoms with Crippen LogP contribution in [0.25, 0.3) is 10.9 Å². The van der Waals surface area contributed by atoms with Gasteiger partial charge in [-0.05, 0) is 50.4 Å². The fourth-order valence-corrected chi connectivity index (χ4v) is 4.82. The molecule has 0 bridgehead atoms. The molecule has 1 atom stereocenters. The Balaban J connectivity index is 1.29. The SMILES string of the molecule is CC(C)C[C@@H](CN1CCCC1)NC(=O)N1CCN(Cc2nc3ccccc3c(=O)[nH]2)CC1. The van der Waals surface area contributed by atoms with E-state index >= 15 is 0 Å². The van der Waals surface area contributed by atoms with Crippen molar-refractivity contribution in [3.05, 3.63) is 40.4 Å². The molecule has 1 aromatic heterocycles. The molecule has 2 aliphatic rings. The second-order valence-electron chi connectivity index (χ2n) is 9.58. The Morgan fingerprint density at radius 3 is 2.50 bits per heavy atom. The molecule has 8 nitrogen and oxygen atoms in total. The van der Waals surface area contributed by atoms with E-state index in [1.807, 2.05) is 23.1 Å². The number of benzene rings is 1. The van der Waals surface area contributed by atoms with Gasteiger partial charge < -0.3 is 20.1 Å². The molecule has 4 rings (SSSR count). The van der Waals surface area contributed by atoms with Crippen LogP contribution in [0, 0.1) is 5.92 Å². The number of nitrogens with zero attached hydrogens (tertiary/aromatic N) is 4. The predicted molar refractivity (Wildman–Crippen MR) is 127 cm³/mol. The number of urea groups is 1. The lowest BCUT2D eigenvalue weighted by Gasteiger charge is -2.36. The summed E-state index contributed by atoms with van der Waals surface area (Å²) in [5.74, 6) is 1.23. The summed E-state index contributed by atoms with van der Waals surface area (Å²) in [6.45, 7) is 11.2. The van der Waals surface area contributed by atoms with Crippen molar-refractivity contribution in [2.45, 2.75) is 45.7 Å². The normalized spacial score (nSPS) is 19.0. The minimum absolute atomic E-state index is 0.0479. The third-order valence-corrected chi connectivity index (χ3v) is 6.46. The maximum absolute atomic E-state index is 12.9. The van der Waals surface area contributed by atoms with Crippen molar-refractivity contribution in [1.29, 1.82) is 0 Å². The van der Waals surface area contributed by atoms with Gasteiger partial charge in [0.1, 0.15) is 5.82 Å². The van der Waals surface area contributed by atoms with Gasteiger partial charge >= 0.3 is 6.03 Å². The lowest BCUT2D eigenvalue weighted by atomic mass is 10.0. The van der Waals surface area contributed by atoms with Gasteiger partial charge in [0, 0.05) is 38.8 Å². The third-order valence-electron chi connectivity index (χ3n) is 6.46. The first-order chi connectivity index (χ1) is 15.5. The molecule has 2 fully saturated rings. The fraction of sp³-hybridized carbons (Fsp3) is 0.625. The number of piperazine rings is 1. The van der Waals surface area contributed by atoms with Crippen LogP contribution >= 0.6 is 0 Å². The molecular formula is C24H36N6O2. The number of nitrogens with one attached hydrogen (secondary N) is 2. The zero-order chi connectivity index (χ0) is 22.5. The molecule has 8 heteroatoms.